The van der Waals surface area contributed by atoms with E-state index in [-0.39, 0.29) is 11.7 Å². The van der Waals surface area contributed by atoms with Crippen LogP contribution in [-0.2, 0) is 26.1 Å². The molecule has 1 aliphatic carbocycles. The third-order valence-electron chi connectivity index (χ3n) is 6.91. The zero-order valence-electron chi connectivity index (χ0n) is 21.2. The Kier molecular flexibility index (Phi) is 6.04. The molecule has 0 radical (unpaired) electrons. The number of hydrogen-bond donors (Lipinski definition) is 1. The Morgan fingerprint density at radius 1 is 1.08 bits per heavy atom. The first-order valence-corrected chi connectivity index (χ1v) is 12.5. The van der Waals surface area contributed by atoms with Crippen molar-refractivity contribution in [3.05, 3.63) is 70.7 Å². The van der Waals surface area contributed by atoms with Crippen LogP contribution in [0.2, 0.25) is 0 Å². The summed E-state index contributed by atoms with van der Waals surface area (Å²) in [5.41, 5.74) is 3.54. The number of methoxy groups -OCH3 is 1. The molecular weight excluding hydrogens is 511 g/mol. The average Bonchev–Trinajstić information content (AvgIpc) is 3.68. The molecule has 39 heavy (non-hydrogen) atoms. The molecule has 12 heteroatoms. The lowest BCUT2D eigenvalue weighted by atomic mass is 9.98. The number of halogens is 3. The van der Waals surface area contributed by atoms with E-state index < -0.39 is 11.9 Å². The number of amides is 1. The topological polar surface area (TPSA) is 108 Å². The molecule has 0 unspecified atom stereocenters. The molecule has 9 nitrogen and oxygen atoms in total. The maximum absolute atomic E-state index is 13.1. The molecule has 1 fully saturated rings. The SMILES string of the molecule is COc1ncnc(C2CC2)c1-c1nc2c(c(Cc3ccc(-c4nc(C(F)(F)F)cn4C)cc3)n1)C(=O)NCC2. The molecular formula is C27H24F3N7O2. The van der Waals surface area contributed by atoms with Gasteiger partial charge in [-0.1, -0.05) is 24.3 Å². The predicted octanol–water partition coefficient (Wildman–Crippen LogP) is 4.12. The van der Waals surface area contributed by atoms with Crippen LogP contribution in [0.1, 0.15) is 57.5 Å². The van der Waals surface area contributed by atoms with E-state index in [1.807, 2.05) is 0 Å². The number of rotatable bonds is 6. The number of nitrogens with zero attached hydrogens (tertiary/aromatic N) is 6. The van der Waals surface area contributed by atoms with Crippen molar-refractivity contribution in [2.24, 2.45) is 7.05 Å². The van der Waals surface area contributed by atoms with Crippen LogP contribution < -0.4 is 10.1 Å². The van der Waals surface area contributed by atoms with E-state index in [0.29, 0.717) is 65.1 Å². The third kappa shape index (κ3) is 4.70. The second kappa shape index (κ2) is 9.44. The highest BCUT2D eigenvalue weighted by Crippen LogP contribution is 2.45. The van der Waals surface area contributed by atoms with Gasteiger partial charge in [0.1, 0.15) is 17.7 Å². The largest absolute Gasteiger partial charge is 0.480 e. The fourth-order valence-electron chi connectivity index (χ4n) is 4.87. The van der Waals surface area contributed by atoms with Crippen molar-refractivity contribution in [3.8, 4) is 28.7 Å². The number of nitrogens with one attached hydrogen (secondary N) is 1. The van der Waals surface area contributed by atoms with E-state index in [0.717, 1.165) is 30.3 Å². The van der Waals surface area contributed by atoms with Crippen molar-refractivity contribution < 1.29 is 22.7 Å². The molecule has 0 saturated heterocycles. The van der Waals surface area contributed by atoms with E-state index in [9.17, 15) is 18.0 Å². The van der Waals surface area contributed by atoms with Gasteiger partial charge in [-0.25, -0.2) is 24.9 Å². The number of ether oxygens (including phenoxy) is 1. The number of benzene rings is 1. The van der Waals surface area contributed by atoms with Gasteiger partial charge in [-0.05, 0) is 18.4 Å². The Labute approximate surface area is 221 Å². The van der Waals surface area contributed by atoms with Crippen molar-refractivity contribution in [2.75, 3.05) is 13.7 Å². The summed E-state index contributed by atoms with van der Waals surface area (Å²) >= 11 is 0. The fourth-order valence-corrected chi connectivity index (χ4v) is 4.87. The minimum Gasteiger partial charge on any atom is -0.480 e. The van der Waals surface area contributed by atoms with Gasteiger partial charge in [0.05, 0.1) is 29.8 Å². The van der Waals surface area contributed by atoms with Crippen LogP contribution in [0.15, 0.2) is 36.8 Å². The molecule has 1 N–H and O–H groups in total. The van der Waals surface area contributed by atoms with Crippen LogP contribution >= 0.6 is 0 Å². The Bertz CT molecular complexity index is 1580. The molecule has 1 aromatic carbocycles. The number of carbonyl (C=O) groups is 1. The number of hydrogen-bond acceptors (Lipinski definition) is 7. The van der Waals surface area contributed by atoms with Gasteiger partial charge in [-0.3, -0.25) is 4.79 Å². The minimum atomic E-state index is -4.52. The normalized spacial score (nSPS) is 15.2. The van der Waals surface area contributed by atoms with E-state index in [1.54, 1.807) is 24.3 Å². The number of imidazole rings is 1. The minimum absolute atomic E-state index is 0.207. The molecule has 1 aliphatic heterocycles. The summed E-state index contributed by atoms with van der Waals surface area (Å²) in [6.07, 6.45) is 0.816. The average molecular weight is 536 g/mol. The highest BCUT2D eigenvalue weighted by molar-refractivity contribution is 5.97. The quantitative estimate of drug-likeness (QED) is 0.396. The van der Waals surface area contributed by atoms with Gasteiger partial charge in [0.2, 0.25) is 5.88 Å². The van der Waals surface area contributed by atoms with Crippen LogP contribution in [-0.4, -0.2) is 49.0 Å². The smallest absolute Gasteiger partial charge is 0.434 e. The molecule has 1 saturated carbocycles. The first kappa shape index (κ1) is 25.0. The highest BCUT2D eigenvalue weighted by Gasteiger charge is 2.35. The van der Waals surface area contributed by atoms with Gasteiger partial charge in [0, 0.05) is 44.1 Å². The van der Waals surface area contributed by atoms with E-state index >= 15 is 0 Å². The second-order valence-corrected chi connectivity index (χ2v) is 9.67. The zero-order chi connectivity index (χ0) is 27.3. The van der Waals surface area contributed by atoms with Gasteiger partial charge in [-0.15, -0.1) is 0 Å². The molecule has 2 aliphatic rings. The Morgan fingerprint density at radius 2 is 1.85 bits per heavy atom. The van der Waals surface area contributed by atoms with Crippen LogP contribution in [0, 0.1) is 0 Å². The Hall–Kier alpha value is -4.35. The molecule has 6 rings (SSSR count). The van der Waals surface area contributed by atoms with Gasteiger partial charge in [0.25, 0.3) is 5.91 Å². The van der Waals surface area contributed by atoms with E-state index in [1.165, 1.54) is 25.1 Å². The number of carbonyl (C=O) groups excluding carboxylic acids is 1. The Balaban J connectivity index is 1.39. The maximum atomic E-state index is 13.1. The number of aromatic nitrogens is 6. The molecule has 3 aromatic heterocycles. The van der Waals surface area contributed by atoms with Crippen LogP contribution in [0.3, 0.4) is 0 Å². The molecule has 4 aromatic rings. The summed E-state index contributed by atoms with van der Waals surface area (Å²) < 4.78 is 46.2. The van der Waals surface area contributed by atoms with Crippen molar-refractivity contribution in [3.63, 3.8) is 0 Å². The number of aryl methyl sites for hydroxylation is 1. The first-order valence-electron chi connectivity index (χ1n) is 12.5. The summed E-state index contributed by atoms with van der Waals surface area (Å²) in [5.74, 6) is 1.07. The monoisotopic (exact) mass is 535 g/mol. The van der Waals surface area contributed by atoms with Gasteiger partial charge in [0.15, 0.2) is 11.5 Å². The summed E-state index contributed by atoms with van der Waals surface area (Å²) in [6, 6.07) is 7.03. The second-order valence-electron chi connectivity index (χ2n) is 9.67. The fraction of sp³-hybridized carbons (Fsp3) is 0.333. The highest BCUT2D eigenvalue weighted by atomic mass is 19.4. The molecule has 4 heterocycles. The van der Waals surface area contributed by atoms with Gasteiger partial charge >= 0.3 is 6.18 Å². The van der Waals surface area contributed by atoms with Gasteiger partial charge in [-0.2, -0.15) is 13.2 Å². The first-order chi connectivity index (χ1) is 18.7. The summed E-state index contributed by atoms with van der Waals surface area (Å²) in [4.78, 5) is 35.0. The lowest BCUT2D eigenvalue weighted by molar-refractivity contribution is -0.140. The molecule has 200 valence electrons. The maximum Gasteiger partial charge on any atom is 0.434 e. The summed E-state index contributed by atoms with van der Waals surface area (Å²) in [6.45, 7) is 0.470. The van der Waals surface area contributed by atoms with Crippen molar-refractivity contribution in [1.29, 1.82) is 0 Å². The zero-order valence-corrected chi connectivity index (χ0v) is 21.2. The van der Waals surface area contributed by atoms with Gasteiger partial charge < -0.3 is 14.6 Å². The van der Waals surface area contributed by atoms with Crippen molar-refractivity contribution >= 4 is 5.91 Å². The summed E-state index contributed by atoms with van der Waals surface area (Å²) in [7, 11) is 3.06. The third-order valence-corrected chi connectivity index (χ3v) is 6.91. The standard InChI is InChI=1S/C27H24F3N7O2/c1-37-12-19(27(28,29)30)36-24(37)16-5-3-14(4-6-16)11-18-20-17(9-10-31-25(20)38)34-23(35-18)21-22(15-7-8-15)32-13-33-26(21)39-2/h3-6,12-13,15H,7-11H2,1-2H3,(H,31,38). The van der Waals surface area contributed by atoms with Crippen molar-refractivity contribution in [2.45, 2.75) is 37.8 Å². The van der Waals surface area contributed by atoms with E-state index in [4.69, 9.17) is 14.7 Å². The molecule has 0 atom stereocenters. The lowest BCUT2D eigenvalue weighted by Gasteiger charge is -2.20. The van der Waals surface area contributed by atoms with Crippen LogP contribution in [0.4, 0.5) is 13.2 Å². The molecule has 0 bridgehead atoms. The Morgan fingerprint density at radius 3 is 2.51 bits per heavy atom. The van der Waals surface area contributed by atoms with E-state index in [2.05, 4.69) is 20.3 Å². The predicted molar refractivity (Wildman–Crippen MR) is 134 cm³/mol. The van der Waals surface area contributed by atoms with Crippen LogP contribution in [0.25, 0.3) is 22.8 Å². The number of alkyl halides is 3. The van der Waals surface area contributed by atoms with Crippen molar-refractivity contribution in [1.82, 2.24) is 34.8 Å². The molecule has 1 amide bonds. The lowest BCUT2D eigenvalue weighted by Crippen LogP contribution is -2.34. The number of fused-ring (bicyclic) bond motifs is 1. The van der Waals surface area contributed by atoms with Crippen LogP contribution in [0.5, 0.6) is 5.88 Å². The summed E-state index contributed by atoms with van der Waals surface area (Å²) in [5, 5.41) is 2.87. The molecule has 0 spiro atoms.